The molecule has 0 heterocycles. The fourth-order valence-corrected chi connectivity index (χ4v) is 2.72. The van der Waals surface area contributed by atoms with Crippen LogP contribution in [0, 0.1) is 19.3 Å². The number of aryl methyl sites for hydroxylation is 2. The molecular weight excluding hydrogens is 320 g/mol. The Morgan fingerprint density at radius 1 is 1.08 bits per heavy atom. The molecule has 3 heteroatoms. The number of benzene rings is 2. The van der Waals surface area contributed by atoms with E-state index >= 15 is 0 Å². The quantitative estimate of drug-likeness (QED) is 0.450. The minimum absolute atomic E-state index is 0.260. The smallest absolute Gasteiger partial charge is 0.130 e. The number of ether oxygens (including phenoxy) is 1. The standard InChI is InChI=1S/C23H32N2O/c1-8-25(7)16-24-21-12-18(3)22(13-17(21)2)26-20-11-9-10-19(14-20)15-23(4,5)6/h9-14,16H,8,15H2,1-7H3/b24-16-. The predicted octanol–water partition coefficient (Wildman–Crippen LogP) is 6.30. The number of hydrogen-bond donors (Lipinski definition) is 0. The van der Waals surface area contributed by atoms with Gasteiger partial charge in [0.2, 0.25) is 0 Å². The van der Waals surface area contributed by atoms with Gasteiger partial charge in [0.05, 0.1) is 12.0 Å². The zero-order valence-electron chi connectivity index (χ0n) is 17.3. The highest BCUT2D eigenvalue weighted by Gasteiger charge is 2.12. The molecule has 0 spiro atoms. The van der Waals surface area contributed by atoms with Crippen LogP contribution in [0.25, 0.3) is 0 Å². The second kappa shape index (κ2) is 8.39. The summed E-state index contributed by atoms with van der Waals surface area (Å²) in [4.78, 5) is 6.64. The zero-order valence-corrected chi connectivity index (χ0v) is 17.3. The lowest BCUT2D eigenvalue weighted by Crippen LogP contribution is -2.14. The van der Waals surface area contributed by atoms with Crippen molar-refractivity contribution in [1.29, 1.82) is 0 Å². The molecular formula is C23H32N2O. The van der Waals surface area contributed by atoms with Crippen LogP contribution in [-0.2, 0) is 6.42 Å². The van der Waals surface area contributed by atoms with Crippen molar-refractivity contribution in [2.24, 2.45) is 10.4 Å². The van der Waals surface area contributed by atoms with E-state index in [2.05, 4.69) is 81.8 Å². The summed E-state index contributed by atoms with van der Waals surface area (Å²) in [5.74, 6) is 1.77. The lowest BCUT2D eigenvalue weighted by Gasteiger charge is -2.19. The molecule has 0 saturated carbocycles. The summed E-state index contributed by atoms with van der Waals surface area (Å²) in [5, 5.41) is 0. The molecule has 0 saturated heterocycles. The fraction of sp³-hybridized carbons (Fsp3) is 0.435. The number of hydrogen-bond acceptors (Lipinski definition) is 2. The molecule has 2 rings (SSSR count). The van der Waals surface area contributed by atoms with Gasteiger partial charge in [0.1, 0.15) is 11.5 Å². The van der Waals surface area contributed by atoms with Crippen LogP contribution in [0.5, 0.6) is 11.5 Å². The third-order valence-electron chi connectivity index (χ3n) is 4.25. The van der Waals surface area contributed by atoms with Gasteiger partial charge in [-0.25, -0.2) is 4.99 Å². The van der Waals surface area contributed by atoms with Crippen LogP contribution in [-0.4, -0.2) is 24.8 Å². The molecule has 0 amide bonds. The predicted molar refractivity (Wildman–Crippen MR) is 112 cm³/mol. The van der Waals surface area contributed by atoms with Crippen LogP contribution in [0.3, 0.4) is 0 Å². The van der Waals surface area contributed by atoms with E-state index < -0.39 is 0 Å². The molecule has 0 fully saturated rings. The molecule has 2 aromatic rings. The van der Waals surface area contributed by atoms with Crippen LogP contribution in [0.15, 0.2) is 41.4 Å². The molecule has 0 aliphatic heterocycles. The van der Waals surface area contributed by atoms with Crippen LogP contribution < -0.4 is 4.74 Å². The van der Waals surface area contributed by atoms with Crippen molar-refractivity contribution in [3.63, 3.8) is 0 Å². The number of aliphatic imine (C=N–C) groups is 1. The van der Waals surface area contributed by atoms with E-state index in [4.69, 9.17) is 4.74 Å². The van der Waals surface area contributed by atoms with Crippen molar-refractivity contribution in [3.8, 4) is 11.5 Å². The molecule has 0 atom stereocenters. The van der Waals surface area contributed by atoms with Crippen molar-refractivity contribution in [2.75, 3.05) is 13.6 Å². The summed E-state index contributed by atoms with van der Waals surface area (Å²) in [7, 11) is 2.02. The van der Waals surface area contributed by atoms with Crippen LogP contribution in [0.1, 0.15) is 44.4 Å². The van der Waals surface area contributed by atoms with E-state index in [1.54, 1.807) is 0 Å². The van der Waals surface area contributed by atoms with Gasteiger partial charge in [0.25, 0.3) is 0 Å². The van der Waals surface area contributed by atoms with Gasteiger partial charge in [0, 0.05) is 13.6 Å². The SMILES string of the molecule is CCN(C)/C=N\c1cc(C)c(Oc2cccc(CC(C)(C)C)c2)cc1C. The van der Waals surface area contributed by atoms with Crippen LogP contribution >= 0.6 is 0 Å². The second-order valence-corrected chi connectivity index (χ2v) is 8.21. The summed E-state index contributed by atoms with van der Waals surface area (Å²) < 4.78 is 6.18. The maximum Gasteiger partial charge on any atom is 0.130 e. The minimum atomic E-state index is 0.260. The maximum atomic E-state index is 6.18. The fourth-order valence-electron chi connectivity index (χ4n) is 2.72. The normalized spacial score (nSPS) is 11.8. The highest BCUT2D eigenvalue weighted by atomic mass is 16.5. The monoisotopic (exact) mass is 352 g/mol. The first-order valence-electron chi connectivity index (χ1n) is 9.30. The van der Waals surface area contributed by atoms with Gasteiger partial charge < -0.3 is 9.64 Å². The average Bonchev–Trinajstić information content (AvgIpc) is 2.55. The van der Waals surface area contributed by atoms with E-state index in [0.29, 0.717) is 0 Å². The molecule has 0 aromatic heterocycles. The molecule has 140 valence electrons. The topological polar surface area (TPSA) is 24.8 Å². The molecule has 0 aliphatic carbocycles. The zero-order chi connectivity index (χ0) is 19.3. The molecule has 2 aromatic carbocycles. The van der Waals surface area contributed by atoms with Gasteiger partial charge in [-0.15, -0.1) is 0 Å². The minimum Gasteiger partial charge on any atom is -0.457 e. The molecule has 0 radical (unpaired) electrons. The Morgan fingerprint density at radius 2 is 1.81 bits per heavy atom. The van der Waals surface area contributed by atoms with Crippen LogP contribution in [0.4, 0.5) is 5.69 Å². The third kappa shape index (κ3) is 5.91. The maximum absolute atomic E-state index is 6.18. The first-order valence-corrected chi connectivity index (χ1v) is 9.30. The first kappa shape index (κ1) is 20.0. The Labute approximate surface area is 158 Å². The van der Waals surface area contributed by atoms with E-state index in [1.807, 2.05) is 19.5 Å². The lowest BCUT2D eigenvalue weighted by atomic mass is 9.88. The summed E-state index contributed by atoms with van der Waals surface area (Å²) >= 11 is 0. The third-order valence-corrected chi connectivity index (χ3v) is 4.25. The summed E-state index contributed by atoms with van der Waals surface area (Å²) in [6.45, 7) is 13.9. The summed E-state index contributed by atoms with van der Waals surface area (Å²) in [6, 6.07) is 12.6. The average molecular weight is 353 g/mol. The van der Waals surface area contributed by atoms with E-state index in [0.717, 1.165) is 41.3 Å². The molecule has 0 bridgehead atoms. The molecule has 0 aliphatic rings. The van der Waals surface area contributed by atoms with Crippen molar-refractivity contribution < 1.29 is 4.74 Å². The Bertz CT molecular complexity index is 772. The first-order chi connectivity index (χ1) is 12.2. The molecule has 3 nitrogen and oxygen atoms in total. The van der Waals surface area contributed by atoms with Crippen molar-refractivity contribution in [3.05, 3.63) is 53.1 Å². The summed E-state index contributed by atoms with van der Waals surface area (Å²) in [5.41, 5.74) is 4.74. The van der Waals surface area contributed by atoms with Gasteiger partial charge in [-0.1, -0.05) is 32.9 Å². The van der Waals surface area contributed by atoms with Gasteiger partial charge in [-0.3, -0.25) is 0 Å². The van der Waals surface area contributed by atoms with E-state index in [-0.39, 0.29) is 5.41 Å². The molecule has 0 unspecified atom stereocenters. The Morgan fingerprint density at radius 3 is 2.46 bits per heavy atom. The Balaban J connectivity index is 2.21. The lowest BCUT2D eigenvalue weighted by molar-refractivity contribution is 0.409. The van der Waals surface area contributed by atoms with Crippen molar-refractivity contribution in [2.45, 2.75) is 48.0 Å². The Kier molecular flexibility index (Phi) is 6.47. The summed E-state index contributed by atoms with van der Waals surface area (Å²) in [6.07, 6.45) is 2.90. The van der Waals surface area contributed by atoms with Crippen molar-refractivity contribution in [1.82, 2.24) is 4.90 Å². The van der Waals surface area contributed by atoms with Gasteiger partial charge in [0.15, 0.2) is 0 Å². The molecule has 26 heavy (non-hydrogen) atoms. The largest absolute Gasteiger partial charge is 0.457 e. The number of nitrogens with zero attached hydrogens (tertiary/aromatic N) is 2. The molecule has 0 N–H and O–H groups in total. The van der Waals surface area contributed by atoms with Gasteiger partial charge in [-0.2, -0.15) is 0 Å². The van der Waals surface area contributed by atoms with Gasteiger partial charge >= 0.3 is 0 Å². The van der Waals surface area contributed by atoms with Crippen molar-refractivity contribution >= 4 is 12.0 Å². The highest BCUT2D eigenvalue weighted by molar-refractivity contribution is 5.64. The second-order valence-electron chi connectivity index (χ2n) is 8.21. The van der Waals surface area contributed by atoms with Gasteiger partial charge in [-0.05, 0) is 73.6 Å². The number of rotatable bonds is 6. The van der Waals surface area contributed by atoms with E-state index in [1.165, 1.54) is 5.56 Å². The highest BCUT2D eigenvalue weighted by Crippen LogP contribution is 2.32. The Hall–Kier alpha value is -2.29. The van der Waals surface area contributed by atoms with Crippen LogP contribution in [0.2, 0.25) is 0 Å². The van der Waals surface area contributed by atoms with E-state index in [9.17, 15) is 0 Å².